The zero-order valence-electron chi connectivity index (χ0n) is 15.8. The fourth-order valence-corrected chi connectivity index (χ4v) is 5.90. The molecule has 2 atom stereocenters. The van der Waals surface area contributed by atoms with Crippen LogP contribution in [0.4, 0.5) is 13.2 Å². The van der Waals surface area contributed by atoms with Gasteiger partial charge in [-0.2, -0.15) is 13.2 Å². The lowest BCUT2D eigenvalue weighted by Gasteiger charge is -2.38. The van der Waals surface area contributed by atoms with E-state index in [-0.39, 0.29) is 42.6 Å². The largest absolute Gasteiger partial charge is 0.422 e. The highest BCUT2D eigenvalue weighted by molar-refractivity contribution is 7.92. The normalized spacial score (nSPS) is 25.9. The number of ether oxygens (including phenoxy) is 1. The van der Waals surface area contributed by atoms with Crippen LogP contribution >= 0.6 is 0 Å². The molecule has 4 rings (SSSR count). The third kappa shape index (κ3) is 3.68. The number of hydrogen-bond acceptors (Lipinski definition) is 6. The monoisotopic (exact) mass is 430 g/mol. The maximum absolute atomic E-state index is 13.4. The highest BCUT2D eigenvalue weighted by Crippen LogP contribution is 2.46. The van der Waals surface area contributed by atoms with Crippen molar-refractivity contribution < 1.29 is 30.7 Å². The van der Waals surface area contributed by atoms with Gasteiger partial charge in [0.15, 0.2) is 9.84 Å². The first-order valence-electron chi connectivity index (χ1n) is 9.53. The van der Waals surface area contributed by atoms with Gasteiger partial charge in [0.2, 0.25) is 11.8 Å². The quantitative estimate of drug-likeness (QED) is 0.698. The van der Waals surface area contributed by atoms with Gasteiger partial charge in [-0.3, -0.25) is 0 Å². The maximum atomic E-state index is 13.4. The standard InChI is InChI=1S/C19H21F3N2O4S/c1-2-18(29(25,26)14-5-3-4-13(10-14)19(20,21)22)8-9-27-15(11-18)17-24-23-16(28-17)12-6-7-12/h3-5,10,12,15H,2,6-9,11H2,1H3. The van der Waals surface area contributed by atoms with E-state index in [1.165, 1.54) is 6.07 Å². The predicted octanol–water partition coefficient (Wildman–Crippen LogP) is 4.44. The first kappa shape index (κ1) is 20.3. The summed E-state index contributed by atoms with van der Waals surface area (Å²) in [5.74, 6) is 1.00. The third-order valence-electron chi connectivity index (χ3n) is 5.78. The summed E-state index contributed by atoms with van der Waals surface area (Å²) in [6.07, 6.45) is -2.90. The molecule has 1 aromatic carbocycles. The van der Waals surface area contributed by atoms with E-state index in [1.54, 1.807) is 6.92 Å². The molecule has 1 saturated carbocycles. The lowest BCUT2D eigenvalue weighted by molar-refractivity contribution is -0.137. The third-order valence-corrected chi connectivity index (χ3v) is 8.45. The summed E-state index contributed by atoms with van der Waals surface area (Å²) in [6.45, 7) is 1.86. The molecule has 0 spiro atoms. The van der Waals surface area contributed by atoms with Crippen LogP contribution in [0, 0.1) is 0 Å². The van der Waals surface area contributed by atoms with Crippen molar-refractivity contribution in [2.75, 3.05) is 6.61 Å². The highest BCUT2D eigenvalue weighted by Gasteiger charge is 2.49. The molecule has 158 valence electrons. The summed E-state index contributed by atoms with van der Waals surface area (Å²) in [5, 5.41) is 8.03. The van der Waals surface area contributed by atoms with E-state index < -0.39 is 32.4 Å². The Hall–Kier alpha value is -1.94. The molecule has 2 fully saturated rings. The van der Waals surface area contributed by atoms with Crippen LogP contribution in [0.1, 0.15) is 68.4 Å². The van der Waals surface area contributed by atoms with Crippen molar-refractivity contribution in [3.63, 3.8) is 0 Å². The van der Waals surface area contributed by atoms with E-state index in [4.69, 9.17) is 9.15 Å². The minimum atomic E-state index is -4.62. The van der Waals surface area contributed by atoms with Gasteiger partial charge in [0.25, 0.3) is 0 Å². The van der Waals surface area contributed by atoms with Gasteiger partial charge in [-0.15, -0.1) is 10.2 Å². The molecule has 1 aliphatic carbocycles. The van der Waals surface area contributed by atoms with Crippen LogP contribution in [-0.2, 0) is 20.8 Å². The van der Waals surface area contributed by atoms with Crippen LogP contribution in [-0.4, -0.2) is 30.0 Å². The SMILES string of the molecule is CCC1(S(=O)(=O)c2cccc(C(F)(F)F)c2)CCOC(c2nnc(C3CC3)o2)C1. The fourth-order valence-electron chi connectivity index (χ4n) is 3.76. The minimum absolute atomic E-state index is 0.0500. The topological polar surface area (TPSA) is 82.3 Å². The molecule has 0 bridgehead atoms. The summed E-state index contributed by atoms with van der Waals surface area (Å²) >= 11 is 0. The van der Waals surface area contributed by atoms with Gasteiger partial charge < -0.3 is 9.15 Å². The molecule has 29 heavy (non-hydrogen) atoms. The number of nitrogens with zero attached hydrogens (tertiary/aromatic N) is 2. The van der Waals surface area contributed by atoms with Crippen LogP contribution in [0.5, 0.6) is 0 Å². The Bertz CT molecular complexity index is 1000. The second-order valence-corrected chi connectivity index (χ2v) is 9.98. The molecule has 0 amide bonds. The number of aromatic nitrogens is 2. The smallest absolute Gasteiger partial charge is 0.416 e. The maximum Gasteiger partial charge on any atom is 0.416 e. The molecule has 1 saturated heterocycles. The van der Waals surface area contributed by atoms with E-state index in [0.717, 1.165) is 25.0 Å². The van der Waals surface area contributed by atoms with Crippen molar-refractivity contribution in [3.8, 4) is 0 Å². The molecule has 1 aliphatic heterocycles. The second kappa shape index (κ2) is 7.09. The molecule has 2 aliphatic rings. The van der Waals surface area contributed by atoms with Crippen molar-refractivity contribution in [3.05, 3.63) is 41.6 Å². The average molecular weight is 430 g/mol. The van der Waals surface area contributed by atoms with Gasteiger partial charge in [0.1, 0.15) is 6.10 Å². The summed E-state index contributed by atoms with van der Waals surface area (Å²) in [6, 6.07) is 3.90. The number of rotatable bonds is 5. The van der Waals surface area contributed by atoms with Crippen LogP contribution in [0.15, 0.2) is 33.6 Å². The van der Waals surface area contributed by atoms with Gasteiger partial charge in [-0.05, 0) is 43.9 Å². The lowest BCUT2D eigenvalue weighted by Crippen LogP contribution is -2.44. The van der Waals surface area contributed by atoms with Gasteiger partial charge in [-0.25, -0.2) is 8.42 Å². The van der Waals surface area contributed by atoms with E-state index in [9.17, 15) is 21.6 Å². The molecule has 1 aromatic heterocycles. The lowest BCUT2D eigenvalue weighted by atomic mass is 9.92. The van der Waals surface area contributed by atoms with Gasteiger partial charge in [0.05, 0.1) is 15.2 Å². The van der Waals surface area contributed by atoms with Crippen LogP contribution in [0.3, 0.4) is 0 Å². The van der Waals surface area contributed by atoms with Gasteiger partial charge in [-0.1, -0.05) is 13.0 Å². The van der Waals surface area contributed by atoms with Crippen LogP contribution < -0.4 is 0 Å². The number of alkyl halides is 3. The summed E-state index contributed by atoms with van der Waals surface area (Å²) < 4.78 is 76.2. The molecular formula is C19H21F3N2O4S. The second-order valence-electron chi connectivity index (χ2n) is 7.63. The molecule has 2 heterocycles. The molecule has 2 aromatic rings. The summed E-state index contributed by atoms with van der Waals surface area (Å²) in [7, 11) is -4.06. The number of hydrogen-bond donors (Lipinski definition) is 0. The molecule has 6 nitrogen and oxygen atoms in total. The molecule has 0 radical (unpaired) electrons. The zero-order chi connectivity index (χ0) is 20.9. The van der Waals surface area contributed by atoms with Crippen molar-refractivity contribution in [2.24, 2.45) is 0 Å². The van der Waals surface area contributed by atoms with Crippen molar-refractivity contribution in [1.29, 1.82) is 0 Å². The molecule has 2 unspecified atom stereocenters. The summed E-state index contributed by atoms with van der Waals surface area (Å²) in [4.78, 5) is -0.334. The van der Waals surface area contributed by atoms with Gasteiger partial charge >= 0.3 is 6.18 Å². The molecule has 10 heteroatoms. The minimum Gasteiger partial charge on any atom is -0.422 e. The van der Waals surface area contributed by atoms with E-state index >= 15 is 0 Å². The Kier molecular flexibility index (Phi) is 4.97. The van der Waals surface area contributed by atoms with Crippen molar-refractivity contribution >= 4 is 9.84 Å². The van der Waals surface area contributed by atoms with Gasteiger partial charge in [0, 0.05) is 18.9 Å². The first-order chi connectivity index (χ1) is 13.7. The fraction of sp³-hybridized carbons (Fsp3) is 0.579. The Morgan fingerprint density at radius 2 is 1.93 bits per heavy atom. The number of sulfone groups is 1. The highest BCUT2D eigenvalue weighted by atomic mass is 32.2. The first-order valence-corrected chi connectivity index (χ1v) is 11.0. The Morgan fingerprint density at radius 3 is 2.59 bits per heavy atom. The Morgan fingerprint density at radius 1 is 1.21 bits per heavy atom. The van der Waals surface area contributed by atoms with E-state index in [0.29, 0.717) is 12.0 Å². The van der Waals surface area contributed by atoms with Crippen LogP contribution in [0.2, 0.25) is 0 Å². The zero-order valence-corrected chi connectivity index (χ0v) is 16.6. The number of benzene rings is 1. The predicted molar refractivity (Wildman–Crippen MR) is 95.9 cm³/mol. The number of halogens is 3. The van der Waals surface area contributed by atoms with Crippen molar-refractivity contribution in [2.45, 2.75) is 66.9 Å². The molecular weight excluding hydrogens is 409 g/mol. The molecule has 0 N–H and O–H groups in total. The van der Waals surface area contributed by atoms with E-state index in [1.807, 2.05) is 0 Å². The Balaban J connectivity index is 1.66. The van der Waals surface area contributed by atoms with Crippen molar-refractivity contribution in [1.82, 2.24) is 10.2 Å². The average Bonchev–Trinajstić information content (AvgIpc) is 3.44. The van der Waals surface area contributed by atoms with E-state index in [2.05, 4.69) is 10.2 Å². The van der Waals surface area contributed by atoms with Crippen LogP contribution in [0.25, 0.3) is 0 Å². The summed E-state index contributed by atoms with van der Waals surface area (Å²) in [5.41, 5.74) is -0.987. The Labute approximate surface area is 166 Å².